The van der Waals surface area contributed by atoms with Gasteiger partial charge in [-0.1, -0.05) is 103 Å². The number of hydrogen-bond acceptors (Lipinski definition) is 3. The number of thiophene rings is 2. The number of nitrogens with one attached hydrogen (secondary N) is 1. The minimum absolute atomic E-state index is 0. The Labute approximate surface area is 293 Å². The van der Waals surface area contributed by atoms with Crippen LogP contribution in [0.5, 0.6) is 5.75 Å². The summed E-state index contributed by atoms with van der Waals surface area (Å²) in [5.41, 5.74) is 5.27. The summed E-state index contributed by atoms with van der Waals surface area (Å²) in [6, 6.07) is 46.6. The van der Waals surface area contributed by atoms with E-state index in [1.54, 1.807) is 18.4 Å². The van der Waals surface area contributed by atoms with Crippen LogP contribution in [0.2, 0.25) is 0 Å². The Kier molecular flexibility index (Phi) is 7.49. The van der Waals surface area contributed by atoms with Crippen LogP contribution >= 0.6 is 22.7 Å². The van der Waals surface area contributed by atoms with Crippen LogP contribution in [-0.4, -0.2) is 17.1 Å². The van der Waals surface area contributed by atoms with E-state index >= 15 is 0 Å². The third-order valence-corrected chi connectivity index (χ3v) is 11.3. The van der Waals surface area contributed by atoms with Crippen molar-refractivity contribution in [2.75, 3.05) is 7.05 Å². The fraction of sp³-hybridized carbons (Fsp3) is 0.0244. The quantitative estimate of drug-likeness (QED) is 0.179. The predicted molar refractivity (Wildman–Crippen MR) is 202 cm³/mol. The largest absolute Gasteiger partial charge is 0.683 e. The molecule has 0 aliphatic heterocycles. The van der Waals surface area contributed by atoms with Gasteiger partial charge in [-0.15, -0.1) is 29.7 Å². The molecule has 3 nitrogen and oxygen atoms in total. The zero-order chi connectivity index (χ0) is 30.8. The Hall–Kier alpha value is -4.67. The molecule has 0 aliphatic rings. The molecule has 0 atom stereocenters. The minimum atomic E-state index is 0. The van der Waals surface area contributed by atoms with Gasteiger partial charge in [0.1, 0.15) is 5.75 Å². The number of aromatic amines is 1. The topological polar surface area (TPSA) is 50.1 Å². The number of benzene rings is 7. The molecule has 7 aromatic carbocycles. The summed E-state index contributed by atoms with van der Waals surface area (Å²) in [6.45, 7) is 0. The van der Waals surface area contributed by atoms with Crippen LogP contribution in [0.25, 0.3) is 89.4 Å². The first kappa shape index (κ1) is 29.7. The number of phenols is 1. The van der Waals surface area contributed by atoms with Crippen LogP contribution in [0.3, 0.4) is 0 Å². The van der Waals surface area contributed by atoms with Gasteiger partial charge < -0.3 is 15.4 Å². The number of nitrogens with zero attached hydrogens (tertiary/aromatic N) is 1. The molecular formula is C41H27N2OS2W-. The van der Waals surface area contributed by atoms with E-state index in [1.165, 1.54) is 62.2 Å². The SMILES string of the molecule is C[N-]c1c(O)cc(-c2ccc3ccccc3c2)c2sc3ccccc3c12.[W].c1ccc2c(c1)[nH]c1ccc3c4ccccc4sc3c12. The van der Waals surface area contributed by atoms with Gasteiger partial charge in [-0.2, -0.15) is 0 Å². The zero-order valence-electron chi connectivity index (χ0n) is 25.3. The molecule has 0 saturated carbocycles. The summed E-state index contributed by atoms with van der Waals surface area (Å²) < 4.78 is 5.13. The summed E-state index contributed by atoms with van der Waals surface area (Å²) in [5, 5.41) is 25.0. The Bertz CT molecular complexity index is 2770. The number of aromatic hydroxyl groups is 1. The van der Waals surface area contributed by atoms with Crippen molar-refractivity contribution in [3.63, 3.8) is 0 Å². The van der Waals surface area contributed by atoms with E-state index in [9.17, 15) is 5.11 Å². The number of para-hydroxylation sites is 1. The van der Waals surface area contributed by atoms with Gasteiger partial charge in [-0.3, -0.25) is 0 Å². The first-order chi connectivity index (χ1) is 22.7. The molecule has 0 radical (unpaired) electrons. The van der Waals surface area contributed by atoms with E-state index in [1.807, 2.05) is 23.5 Å². The number of fused-ring (bicyclic) bond motifs is 11. The molecule has 10 aromatic rings. The molecule has 0 unspecified atom stereocenters. The molecule has 0 fully saturated rings. The molecule has 6 heteroatoms. The average Bonchev–Trinajstić information content (AvgIpc) is 3.79. The van der Waals surface area contributed by atoms with Crippen molar-refractivity contribution in [3.05, 3.63) is 139 Å². The van der Waals surface area contributed by atoms with E-state index in [4.69, 9.17) is 0 Å². The average molecular weight is 812 g/mol. The van der Waals surface area contributed by atoms with Gasteiger partial charge in [-0.25, -0.2) is 0 Å². The fourth-order valence-electron chi connectivity index (χ4n) is 6.78. The normalized spacial score (nSPS) is 11.4. The van der Waals surface area contributed by atoms with E-state index in [2.05, 4.69) is 132 Å². The molecule has 3 aromatic heterocycles. The zero-order valence-corrected chi connectivity index (χ0v) is 29.9. The Morgan fingerprint density at radius 1 is 0.553 bits per heavy atom. The first-order valence-corrected chi connectivity index (χ1v) is 16.9. The molecule has 0 amide bonds. The van der Waals surface area contributed by atoms with E-state index in [0.29, 0.717) is 5.69 Å². The standard InChI is InChI=1S/C23H16NOS.C18H11NS.W/c1-24-22-19(25)13-18(16-11-10-14-6-2-3-7-15(14)12-16)23-21(22)17-8-4-5-9-20(17)26-23;1-3-7-14-13(6-1)17-15(19-14)10-9-12-11-5-2-4-8-16(11)20-18(12)17;/h2-13,25H,1H3;1-10,19H;/q-1;;. The Balaban J connectivity index is 0.000000139. The summed E-state index contributed by atoms with van der Waals surface area (Å²) in [5.74, 6) is 0.228. The van der Waals surface area contributed by atoms with Crippen LogP contribution in [0.1, 0.15) is 0 Å². The smallest absolute Gasteiger partial charge is 0.102 e. The molecule has 10 rings (SSSR count). The van der Waals surface area contributed by atoms with Gasteiger partial charge in [0, 0.05) is 78.0 Å². The van der Waals surface area contributed by atoms with Crippen LogP contribution < -0.4 is 0 Å². The monoisotopic (exact) mass is 811 g/mol. The summed E-state index contributed by atoms with van der Waals surface area (Å²) in [6.07, 6.45) is 0. The fourth-order valence-corrected chi connectivity index (χ4v) is 9.29. The van der Waals surface area contributed by atoms with Crippen molar-refractivity contribution in [2.24, 2.45) is 0 Å². The molecular weight excluding hydrogens is 784 g/mol. The van der Waals surface area contributed by atoms with E-state index in [0.717, 1.165) is 21.9 Å². The van der Waals surface area contributed by atoms with Crippen LogP contribution in [0, 0.1) is 0 Å². The molecule has 2 N–H and O–H groups in total. The first-order valence-electron chi connectivity index (χ1n) is 15.2. The van der Waals surface area contributed by atoms with Gasteiger partial charge in [0.2, 0.25) is 0 Å². The summed E-state index contributed by atoms with van der Waals surface area (Å²) in [4.78, 5) is 3.52. The second-order valence-electron chi connectivity index (χ2n) is 11.5. The molecule has 3 heterocycles. The third kappa shape index (κ3) is 4.81. The van der Waals surface area contributed by atoms with Gasteiger partial charge >= 0.3 is 0 Å². The second kappa shape index (κ2) is 11.8. The molecule has 0 bridgehead atoms. The van der Waals surface area contributed by atoms with Crippen molar-refractivity contribution < 1.29 is 26.2 Å². The van der Waals surface area contributed by atoms with Crippen molar-refractivity contribution in [1.82, 2.24) is 4.98 Å². The van der Waals surface area contributed by atoms with Crippen LogP contribution in [-0.2, 0) is 21.1 Å². The van der Waals surface area contributed by atoms with Crippen molar-refractivity contribution in [1.29, 1.82) is 0 Å². The molecule has 0 saturated heterocycles. The van der Waals surface area contributed by atoms with E-state index in [-0.39, 0.29) is 26.8 Å². The molecule has 226 valence electrons. The molecule has 47 heavy (non-hydrogen) atoms. The van der Waals surface area contributed by atoms with Crippen molar-refractivity contribution in [2.45, 2.75) is 0 Å². The number of aromatic nitrogens is 1. The van der Waals surface area contributed by atoms with Crippen molar-refractivity contribution >= 4 is 101 Å². The maximum absolute atomic E-state index is 10.7. The van der Waals surface area contributed by atoms with E-state index < -0.39 is 0 Å². The number of hydrogen-bond donors (Lipinski definition) is 2. The number of rotatable bonds is 2. The molecule has 0 aliphatic carbocycles. The van der Waals surface area contributed by atoms with Crippen LogP contribution in [0.4, 0.5) is 5.69 Å². The molecule has 0 spiro atoms. The maximum Gasteiger partial charge on any atom is 0.102 e. The summed E-state index contributed by atoms with van der Waals surface area (Å²) >= 11 is 3.65. The Morgan fingerprint density at radius 2 is 1.21 bits per heavy atom. The summed E-state index contributed by atoms with van der Waals surface area (Å²) in [7, 11) is 1.73. The Morgan fingerprint density at radius 3 is 2.02 bits per heavy atom. The maximum atomic E-state index is 10.7. The van der Waals surface area contributed by atoms with Gasteiger partial charge in [0.25, 0.3) is 0 Å². The third-order valence-electron chi connectivity index (χ3n) is 8.90. The van der Waals surface area contributed by atoms with Gasteiger partial charge in [0.15, 0.2) is 0 Å². The minimum Gasteiger partial charge on any atom is -0.683 e. The van der Waals surface area contributed by atoms with Gasteiger partial charge in [-0.05, 0) is 63.5 Å². The number of phenolic OH excluding ortho intramolecular Hbond substituents is 1. The predicted octanol–water partition coefficient (Wildman–Crippen LogP) is 12.9. The number of H-pyrrole nitrogens is 1. The second-order valence-corrected chi connectivity index (χ2v) is 13.6. The van der Waals surface area contributed by atoms with Crippen molar-refractivity contribution in [3.8, 4) is 16.9 Å². The van der Waals surface area contributed by atoms with Crippen LogP contribution in [0.15, 0.2) is 133 Å². The van der Waals surface area contributed by atoms with Gasteiger partial charge in [0.05, 0.1) is 0 Å².